The summed E-state index contributed by atoms with van der Waals surface area (Å²) in [6.07, 6.45) is 4.84. The summed E-state index contributed by atoms with van der Waals surface area (Å²) in [7, 11) is -4.19. The van der Waals surface area contributed by atoms with E-state index < -0.39 is 20.7 Å². The van der Waals surface area contributed by atoms with E-state index in [1.54, 1.807) is 12.1 Å². The number of rotatable bonds is 5. The monoisotopic (exact) mass is 492 g/mol. The molecule has 1 fully saturated rings. The van der Waals surface area contributed by atoms with Gasteiger partial charge in [-0.25, -0.2) is 22.2 Å². The van der Waals surface area contributed by atoms with E-state index in [9.17, 15) is 12.8 Å². The number of likely N-dealkylation sites (tertiary alicyclic amines) is 1. The molecule has 0 saturated carbocycles. The van der Waals surface area contributed by atoms with Gasteiger partial charge in [0, 0.05) is 41.7 Å². The molecule has 1 aromatic heterocycles. The van der Waals surface area contributed by atoms with Crippen LogP contribution in [0.3, 0.4) is 0 Å². The van der Waals surface area contributed by atoms with Gasteiger partial charge in [0.1, 0.15) is 28.6 Å². The number of anilines is 1. The van der Waals surface area contributed by atoms with Crippen molar-refractivity contribution in [2.45, 2.75) is 42.7 Å². The molecule has 1 saturated heterocycles. The van der Waals surface area contributed by atoms with Crippen molar-refractivity contribution in [3.8, 4) is 5.75 Å². The van der Waals surface area contributed by atoms with Gasteiger partial charge in [0.15, 0.2) is 0 Å². The zero-order chi connectivity index (χ0) is 23.0. The summed E-state index contributed by atoms with van der Waals surface area (Å²) in [5.41, 5.74) is 1.65. The SMILES string of the molecule is O=S(=O)(Nc1ncns1)c1cc2c(cc1F)[C@@H](N1CCCC[C@@H]1c1ccc(F)cc1)CCO2. The number of ether oxygens (including phenoxy) is 1. The standard InChI is InChI=1S/C22H22F2N4O3S2/c23-15-6-4-14(5-7-15)18-3-1-2-9-28(18)19-8-10-31-20-12-21(17(24)11-16(19)20)33(29,30)27-22-25-13-26-32-22/h4-7,11-13,18-19H,1-3,8-10H2,(H,25,26,27)/t18-,19+/m1/s1. The molecular weight excluding hydrogens is 470 g/mol. The minimum absolute atomic E-state index is 0.0568. The van der Waals surface area contributed by atoms with E-state index in [0.717, 1.165) is 42.9 Å². The van der Waals surface area contributed by atoms with Gasteiger partial charge in [-0.05, 0) is 43.1 Å². The third kappa shape index (κ3) is 4.44. The molecule has 33 heavy (non-hydrogen) atoms. The second-order valence-electron chi connectivity index (χ2n) is 8.13. The summed E-state index contributed by atoms with van der Waals surface area (Å²) in [5.74, 6) is -0.777. The number of benzene rings is 2. The molecule has 0 unspecified atom stereocenters. The van der Waals surface area contributed by atoms with Gasteiger partial charge < -0.3 is 4.74 Å². The first-order valence-corrected chi connectivity index (χ1v) is 12.9. The number of hydrogen-bond donors (Lipinski definition) is 1. The molecular formula is C22H22F2N4O3S2. The number of aromatic nitrogens is 2. The van der Waals surface area contributed by atoms with Crippen molar-refractivity contribution in [3.05, 3.63) is 65.5 Å². The minimum atomic E-state index is -4.19. The summed E-state index contributed by atoms with van der Waals surface area (Å²) < 4.78 is 65.9. The average molecular weight is 493 g/mol. The van der Waals surface area contributed by atoms with Crippen molar-refractivity contribution >= 4 is 26.7 Å². The number of hydrogen-bond acceptors (Lipinski definition) is 7. The Morgan fingerprint density at radius 1 is 1.09 bits per heavy atom. The van der Waals surface area contributed by atoms with Gasteiger partial charge in [-0.15, -0.1) is 0 Å². The van der Waals surface area contributed by atoms with Gasteiger partial charge in [-0.2, -0.15) is 4.37 Å². The Morgan fingerprint density at radius 3 is 2.67 bits per heavy atom. The molecule has 2 aromatic carbocycles. The van der Waals surface area contributed by atoms with Crippen LogP contribution in [0.2, 0.25) is 0 Å². The van der Waals surface area contributed by atoms with Crippen LogP contribution in [0.5, 0.6) is 5.75 Å². The normalized spacial score (nSPS) is 21.3. The second-order valence-corrected chi connectivity index (χ2v) is 10.6. The van der Waals surface area contributed by atoms with Crippen LogP contribution in [-0.4, -0.2) is 35.8 Å². The molecule has 0 radical (unpaired) electrons. The highest BCUT2D eigenvalue weighted by atomic mass is 32.2. The van der Waals surface area contributed by atoms with E-state index in [4.69, 9.17) is 4.74 Å². The van der Waals surface area contributed by atoms with Gasteiger partial charge >= 0.3 is 0 Å². The van der Waals surface area contributed by atoms with Gasteiger partial charge in [-0.3, -0.25) is 9.62 Å². The molecule has 7 nitrogen and oxygen atoms in total. The van der Waals surface area contributed by atoms with E-state index in [0.29, 0.717) is 24.3 Å². The summed E-state index contributed by atoms with van der Waals surface area (Å²) in [6, 6.07) is 8.97. The Labute approximate surface area is 194 Å². The van der Waals surface area contributed by atoms with Crippen LogP contribution in [0, 0.1) is 11.6 Å². The molecule has 174 valence electrons. The summed E-state index contributed by atoms with van der Waals surface area (Å²) in [6.45, 7) is 1.20. The molecule has 1 N–H and O–H groups in total. The largest absolute Gasteiger partial charge is 0.493 e. The molecule has 2 aliphatic heterocycles. The van der Waals surface area contributed by atoms with E-state index >= 15 is 4.39 Å². The van der Waals surface area contributed by atoms with Crippen molar-refractivity contribution in [2.75, 3.05) is 17.9 Å². The first-order chi connectivity index (χ1) is 15.9. The van der Waals surface area contributed by atoms with Crippen LogP contribution < -0.4 is 9.46 Å². The van der Waals surface area contributed by atoms with E-state index in [1.165, 1.54) is 30.6 Å². The fourth-order valence-electron chi connectivity index (χ4n) is 4.68. The molecule has 0 aliphatic carbocycles. The summed E-state index contributed by atoms with van der Waals surface area (Å²) in [5, 5.41) is 0.0568. The van der Waals surface area contributed by atoms with Crippen LogP contribution in [0.4, 0.5) is 13.9 Å². The topological polar surface area (TPSA) is 84.4 Å². The molecule has 0 spiro atoms. The van der Waals surface area contributed by atoms with Crippen molar-refractivity contribution in [2.24, 2.45) is 0 Å². The van der Waals surface area contributed by atoms with Crippen LogP contribution in [-0.2, 0) is 10.0 Å². The van der Waals surface area contributed by atoms with Crippen molar-refractivity contribution in [1.29, 1.82) is 0 Å². The Morgan fingerprint density at radius 2 is 1.91 bits per heavy atom. The molecule has 0 amide bonds. The smallest absolute Gasteiger partial charge is 0.266 e. The van der Waals surface area contributed by atoms with Gasteiger partial charge in [0.2, 0.25) is 5.13 Å². The number of nitrogens with zero attached hydrogens (tertiary/aromatic N) is 3. The lowest BCUT2D eigenvalue weighted by Gasteiger charge is -2.43. The highest BCUT2D eigenvalue weighted by Crippen LogP contribution is 2.44. The van der Waals surface area contributed by atoms with Crippen LogP contribution in [0.15, 0.2) is 47.6 Å². The lowest BCUT2D eigenvalue weighted by Crippen LogP contribution is -2.39. The van der Waals surface area contributed by atoms with Crippen molar-refractivity contribution in [1.82, 2.24) is 14.3 Å². The van der Waals surface area contributed by atoms with E-state index in [1.807, 2.05) is 0 Å². The maximum atomic E-state index is 15.1. The maximum absolute atomic E-state index is 15.1. The number of fused-ring (bicyclic) bond motifs is 1. The van der Waals surface area contributed by atoms with E-state index in [-0.39, 0.29) is 23.0 Å². The lowest BCUT2D eigenvalue weighted by atomic mass is 9.89. The Hall–Kier alpha value is -2.63. The third-order valence-corrected chi connectivity index (χ3v) is 8.21. The highest BCUT2D eigenvalue weighted by Gasteiger charge is 2.36. The molecule has 3 heterocycles. The zero-order valence-corrected chi connectivity index (χ0v) is 19.2. The Kier molecular flexibility index (Phi) is 6.02. The fourth-order valence-corrected chi connectivity index (χ4v) is 6.42. The van der Waals surface area contributed by atoms with E-state index in [2.05, 4.69) is 19.0 Å². The highest BCUT2D eigenvalue weighted by molar-refractivity contribution is 7.93. The third-order valence-electron chi connectivity index (χ3n) is 6.14. The molecule has 5 rings (SSSR count). The molecule has 3 aromatic rings. The average Bonchev–Trinajstić information content (AvgIpc) is 3.31. The van der Waals surface area contributed by atoms with Gasteiger partial charge in [0.05, 0.1) is 6.61 Å². The first kappa shape index (κ1) is 22.2. The molecule has 0 bridgehead atoms. The summed E-state index contributed by atoms with van der Waals surface area (Å²) in [4.78, 5) is 5.61. The summed E-state index contributed by atoms with van der Waals surface area (Å²) >= 11 is 0.862. The van der Waals surface area contributed by atoms with Crippen LogP contribution in [0.25, 0.3) is 0 Å². The van der Waals surface area contributed by atoms with Gasteiger partial charge in [-0.1, -0.05) is 18.6 Å². The quantitative estimate of drug-likeness (QED) is 0.557. The fraction of sp³-hybridized carbons (Fsp3) is 0.364. The van der Waals surface area contributed by atoms with Crippen LogP contribution >= 0.6 is 11.5 Å². The minimum Gasteiger partial charge on any atom is -0.493 e. The maximum Gasteiger partial charge on any atom is 0.266 e. The van der Waals surface area contributed by atoms with Crippen molar-refractivity contribution < 1.29 is 21.9 Å². The Balaban J connectivity index is 1.48. The number of halogens is 2. The van der Waals surface area contributed by atoms with Crippen LogP contribution in [0.1, 0.15) is 48.9 Å². The zero-order valence-electron chi connectivity index (χ0n) is 17.6. The lowest BCUT2D eigenvalue weighted by molar-refractivity contribution is 0.0665. The molecule has 11 heteroatoms. The molecule has 2 aliphatic rings. The first-order valence-electron chi connectivity index (χ1n) is 10.7. The predicted molar refractivity (Wildman–Crippen MR) is 120 cm³/mol. The predicted octanol–water partition coefficient (Wildman–Crippen LogP) is 4.67. The number of sulfonamides is 1. The van der Waals surface area contributed by atoms with Gasteiger partial charge in [0.25, 0.3) is 10.0 Å². The Bertz CT molecular complexity index is 1240. The second kappa shape index (κ2) is 8.96. The number of nitrogens with one attached hydrogen (secondary N) is 1. The molecule has 2 atom stereocenters. The number of piperidine rings is 1. The van der Waals surface area contributed by atoms with Crippen molar-refractivity contribution in [3.63, 3.8) is 0 Å².